The van der Waals surface area contributed by atoms with Crippen LogP contribution in [0.4, 0.5) is 4.79 Å². The van der Waals surface area contributed by atoms with Gasteiger partial charge in [0.1, 0.15) is 18.2 Å². The van der Waals surface area contributed by atoms with Gasteiger partial charge in [0.15, 0.2) is 14.9 Å². The van der Waals surface area contributed by atoms with Gasteiger partial charge in [0.05, 0.1) is 23.1 Å². The molecule has 2 aliphatic heterocycles. The van der Waals surface area contributed by atoms with Crippen molar-refractivity contribution in [2.24, 2.45) is 0 Å². The van der Waals surface area contributed by atoms with Crippen LogP contribution >= 0.6 is 0 Å². The molecule has 1 aliphatic carbocycles. The van der Waals surface area contributed by atoms with Crippen LogP contribution in [0.5, 0.6) is 17.5 Å². The maximum absolute atomic E-state index is 12.5. The maximum atomic E-state index is 12.5. The summed E-state index contributed by atoms with van der Waals surface area (Å²) in [5, 5.41) is -0.248. The molecular formula is C24H30N4O6S. The van der Waals surface area contributed by atoms with Crippen molar-refractivity contribution in [2.45, 2.75) is 93.9 Å². The summed E-state index contributed by atoms with van der Waals surface area (Å²) in [6.45, 7) is 5.52. The van der Waals surface area contributed by atoms with E-state index >= 15 is 0 Å². The molecule has 35 heavy (non-hydrogen) atoms. The predicted molar refractivity (Wildman–Crippen MR) is 125 cm³/mol. The van der Waals surface area contributed by atoms with E-state index in [2.05, 4.69) is 15.0 Å². The standard InChI is InChI=1S/C24H30N4O6S/c1-14(2)32-24(29)28-16-4-5-17(28)11-19(10-16)34-23-15(3)22(26-13-27-23)33-18-6-9-21(25-12-18)35(30,31)20-7-8-20/h6,9,12-14,16-17,19-20H,4-5,7-8,10-11H2,1-3H3/t16-,17?,19+/m0/s1. The number of nitrogens with zero attached hydrogens (tertiary/aromatic N) is 4. The number of piperidine rings is 1. The second kappa shape index (κ2) is 9.25. The zero-order valence-corrected chi connectivity index (χ0v) is 20.9. The van der Waals surface area contributed by atoms with Gasteiger partial charge in [0.2, 0.25) is 11.8 Å². The van der Waals surface area contributed by atoms with E-state index in [0.29, 0.717) is 48.8 Å². The third-order valence-corrected chi connectivity index (χ3v) is 8.86. The molecule has 0 aromatic carbocycles. The summed E-state index contributed by atoms with van der Waals surface area (Å²) in [6, 6.07) is 3.23. The van der Waals surface area contributed by atoms with Crippen molar-refractivity contribution in [1.29, 1.82) is 0 Å². The first-order valence-corrected chi connectivity index (χ1v) is 13.6. The predicted octanol–water partition coefficient (Wildman–Crippen LogP) is 3.83. The van der Waals surface area contributed by atoms with Gasteiger partial charge in [-0.1, -0.05) is 0 Å². The van der Waals surface area contributed by atoms with Gasteiger partial charge in [0.25, 0.3) is 0 Å². The minimum atomic E-state index is -3.35. The fourth-order valence-corrected chi connectivity index (χ4v) is 6.39. The molecule has 11 heteroatoms. The molecule has 3 atom stereocenters. The molecule has 2 aromatic rings. The Bertz CT molecular complexity index is 1180. The lowest BCUT2D eigenvalue weighted by atomic mass is 10.0. The molecule has 1 amide bonds. The fraction of sp³-hybridized carbons (Fsp3) is 0.583. The van der Waals surface area contributed by atoms with E-state index in [1.54, 1.807) is 6.07 Å². The van der Waals surface area contributed by atoms with Crippen LogP contribution in [0.1, 0.15) is 57.9 Å². The summed E-state index contributed by atoms with van der Waals surface area (Å²) in [4.78, 5) is 27.0. The number of aromatic nitrogens is 3. The molecule has 10 nitrogen and oxygen atoms in total. The van der Waals surface area contributed by atoms with Crippen molar-refractivity contribution in [3.63, 3.8) is 0 Å². The van der Waals surface area contributed by atoms with E-state index < -0.39 is 9.84 Å². The Labute approximate surface area is 204 Å². The van der Waals surface area contributed by atoms with Crippen LogP contribution < -0.4 is 9.47 Å². The summed E-state index contributed by atoms with van der Waals surface area (Å²) in [5.41, 5.74) is 0.635. The van der Waals surface area contributed by atoms with Crippen molar-refractivity contribution in [2.75, 3.05) is 0 Å². The number of fused-ring (bicyclic) bond motifs is 2. The SMILES string of the molecule is Cc1c(Oc2ccc(S(=O)(=O)C3CC3)nc2)ncnc1O[C@H]1CC2CC[C@@H](C1)N2C(=O)OC(C)C. The van der Waals surface area contributed by atoms with E-state index in [4.69, 9.17) is 14.2 Å². The van der Waals surface area contributed by atoms with Gasteiger partial charge in [-0.05, 0) is 58.6 Å². The van der Waals surface area contributed by atoms with Crippen molar-refractivity contribution in [3.8, 4) is 17.5 Å². The van der Waals surface area contributed by atoms with Crippen LogP contribution in [0.3, 0.4) is 0 Å². The van der Waals surface area contributed by atoms with Crippen molar-refractivity contribution in [1.82, 2.24) is 19.9 Å². The average Bonchev–Trinajstić information content (AvgIpc) is 3.62. The molecule has 2 aromatic heterocycles. The first-order chi connectivity index (χ1) is 16.7. The Kier molecular flexibility index (Phi) is 6.29. The summed E-state index contributed by atoms with van der Waals surface area (Å²) in [7, 11) is -3.35. The molecule has 0 spiro atoms. The van der Waals surface area contributed by atoms with Crippen LogP contribution in [-0.2, 0) is 14.6 Å². The lowest BCUT2D eigenvalue weighted by Gasteiger charge is -2.38. The van der Waals surface area contributed by atoms with E-state index in [0.717, 1.165) is 12.8 Å². The molecule has 2 bridgehead atoms. The van der Waals surface area contributed by atoms with Gasteiger partial charge >= 0.3 is 6.09 Å². The number of rotatable bonds is 7. The Hall–Kier alpha value is -2.95. The number of hydrogen-bond acceptors (Lipinski definition) is 9. The summed E-state index contributed by atoms with van der Waals surface area (Å²) >= 11 is 0. The van der Waals surface area contributed by atoms with E-state index in [-0.39, 0.29) is 40.7 Å². The minimum absolute atomic E-state index is 0.0639. The first-order valence-electron chi connectivity index (χ1n) is 12.1. The Morgan fingerprint density at radius 1 is 1.03 bits per heavy atom. The number of carbonyl (C=O) groups is 1. The van der Waals surface area contributed by atoms with Gasteiger partial charge in [-0.25, -0.2) is 28.2 Å². The third kappa shape index (κ3) is 4.91. The van der Waals surface area contributed by atoms with Crippen molar-refractivity contribution in [3.05, 3.63) is 30.2 Å². The summed E-state index contributed by atoms with van der Waals surface area (Å²) < 4.78 is 42.2. The zero-order valence-electron chi connectivity index (χ0n) is 20.1. The van der Waals surface area contributed by atoms with E-state index in [9.17, 15) is 13.2 Å². The van der Waals surface area contributed by atoms with Crippen LogP contribution in [-0.4, -0.2) is 63.9 Å². The topological polar surface area (TPSA) is 121 Å². The third-order valence-electron chi connectivity index (χ3n) is 6.69. The number of carbonyl (C=O) groups excluding carboxylic acids is 1. The fourth-order valence-electron chi connectivity index (χ4n) is 4.84. The van der Waals surface area contributed by atoms with Gasteiger partial charge in [-0.3, -0.25) is 0 Å². The molecule has 4 heterocycles. The molecular weight excluding hydrogens is 472 g/mol. The van der Waals surface area contributed by atoms with Gasteiger partial charge in [-0.15, -0.1) is 0 Å². The molecule has 0 N–H and O–H groups in total. The highest BCUT2D eigenvalue weighted by Crippen LogP contribution is 2.39. The Morgan fingerprint density at radius 3 is 2.31 bits per heavy atom. The number of ether oxygens (including phenoxy) is 3. The monoisotopic (exact) mass is 502 g/mol. The zero-order chi connectivity index (χ0) is 24.7. The molecule has 2 saturated heterocycles. The molecule has 3 fully saturated rings. The van der Waals surface area contributed by atoms with Crippen molar-refractivity contribution >= 4 is 15.9 Å². The maximum Gasteiger partial charge on any atom is 0.410 e. The Balaban J connectivity index is 1.24. The first kappa shape index (κ1) is 23.8. The number of hydrogen-bond donors (Lipinski definition) is 0. The largest absolute Gasteiger partial charge is 0.474 e. The second-order valence-corrected chi connectivity index (χ2v) is 11.9. The van der Waals surface area contributed by atoms with Gasteiger partial charge in [-0.2, -0.15) is 0 Å². The lowest BCUT2D eigenvalue weighted by molar-refractivity contribution is 0.0206. The summed E-state index contributed by atoms with van der Waals surface area (Å²) in [6.07, 6.45) is 6.97. The number of sulfone groups is 1. The van der Waals surface area contributed by atoms with Crippen LogP contribution in [0.25, 0.3) is 0 Å². The highest BCUT2D eigenvalue weighted by Gasteiger charge is 2.45. The number of pyridine rings is 1. The minimum Gasteiger partial charge on any atom is -0.474 e. The molecule has 1 saturated carbocycles. The van der Waals surface area contributed by atoms with E-state index in [1.807, 2.05) is 25.7 Å². The number of amides is 1. The highest BCUT2D eigenvalue weighted by molar-refractivity contribution is 7.92. The molecule has 3 aliphatic rings. The lowest BCUT2D eigenvalue weighted by Crippen LogP contribution is -2.50. The highest BCUT2D eigenvalue weighted by atomic mass is 32.2. The smallest absolute Gasteiger partial charge is 0.410 e. The van der Waals surface area contributed by atoms with Crippen molar-refractivity contribution < 1.29 is 27.4 Å². The molecule has 0 radical (unpaired) electrons. The normalized spacial score (nSPS) is 23.9. The van der Waals surface area contributed by atoms with E-state index in [1.165, 1.54) is 18.6 Å². The quantitative estimate of drug-likeness (QED) is 0.556. The van der Waals surface area contributed by atoms with Gasteiger partial charge < -0.3 is 19.1 Å². The second-order valence-electron chi connectivity index (χ2n) is 9.72. The average molecular weight is 503 g/mol. The van der Waals surface area contributed by atoms with Gasteiger partial charge in [0, 0.05) is 24.9 Å². The van der Waals surface area contributed by atoms with Crippen LogP contribution in [0.15, 0.2) is 29.7 Å². The molecule has 5 rings (SSSR count). The summed E-state index contributed by atoms with van der Waals surface area (Å²) in [5.74, 6) is 1.12. The van der Waals surface area contributed by atoms with Crippen LogP contribution in [0, 0.1) is 6.92 Å². The van der Waals surface area contributed by atoms with Crippen LogP contribution in [0.2, 0.25) is 0 Å². The molecule has 188 valence electrons. The Morgan fingerprint density at radius 2 is 1.71 bits per heavy atom. The molecule has 1 unspecified atom stereocenters.